The highest BCUT2D eigenvalue weighted by atomic mass is 19.4. The number of fused-ring (bicyclic) bond motifs is 1. The van der Waals surface area contributed by atoms with Crippen LogP contribution in [0.5, 0.6) is 0 Å². The average molecular weight is 310 g/mol. The molecular formula is C16H17F3N2O. The van der Waals surface area contributed by atoms with Crippen LogP contribution in [-0.2, 0) is 11.0 Å². The molecule has 6 heteroatoms. The number of aromatic amines is 1. The molecule has 1 aromatic carbocycles. The summed E-state index contributed by atoms with van der Waals surface area (Å²) in [6.07, 6.45) is -0.841. The minimum absolute atomic E-state index is 0.0761. The van der Waals surface area contributed by atoms with Crippen LogP contribution in [-0.4, -0.2) is 28.9 Å². The molecule has 1 saturated heterocycles. The van der Waals surface area contributed by atoms with Crippen LogP contribution in [0.4, 0.5) is 13.2 Å². The lowest BCUT2D eigenvalue weighted by Crippen LogP contribution is -2.36. The summed E-state index contributed by atoms with van der Waals surface area (Å²) in [4.78, 5) is 16.1. The van der Waals surface area contributed by atoms with E-state index in [0.717, 1.165) is 35.9 Å². The van der Waals surface area contributed by atoms with Gasteiger partial charge in [0.1, 0.15) is 0 Å². The number of benzene rings is 1. The Labute approximate surface area is 126 Å². The predicted octanol–water partition coefficient (Wildman–Crippen LogP) is 3.91. The molecule has 3 rings (SSSR count). The molecule has 1 N–H and O–H groups in total. The normalized spacial score (nSPS) is 17.2. The van der Waals surface area contributed by atoms with Gasteiger partial charge in [-0.25, -0.2) is 0 Å². The molecule has 2 aromatic rings. The highest BCUT2D eigenvalue weighted by Crippen LogP contribution is 2.36. The minimum Gasteiger partial charge on any atom is -0.361 e. The smallest absolute Gasteiger partial charge is 0.361 e. The zero-order valence-corrected chi connectivity index (χ0v) is 12.2. The van der Waals surface area contributed by atoms with Crippen LogP contribution in [0.3, 0.4) is 0 Å². The molecule has 0 atom stereocenters. The van der Waals surface area contributed by atoms with E-state index in [9.17, 15) is 18.0 Å². The molecule has 2 heterocycles. The quantitative estimate of drug-likeness (QED) is 0.851. The minimum atomic E-state index is -4.33. The van der Waals surface area contributed by atoms with Crippen molar-refractivity contribution in [2.24, 2.45) is 0 Å². The van der Waals surface area contributed by atoms with Crippen LogP contribution in [0.25, 0.3) is 10.9 Å². The molecule has 118 valence electrons. The molecule has 1 fully saturated rings. The molecule has 3 nitrogen and oxygen atoms in total. The lowest BCUT2D eigenvalue weighted by molar-refractivity contribution is -0.137. The third-order valence-electron chi connectivity index (χ3n) is 4.42. The lowest BCUT2D eigenvalue weighted by atomic mass is 9.89. The third-order valence-corrected chi connectivity index (χ3v) is 4.42. The maximum Gasteiger partial charge on any atom is 0.416 e. The van der Waals surface area contributed by atoms with Gasteiger partial charge >= 0.3 is 6.18 Å². The Morgan fingerprint density at radius 1 is 1.27 bits per heavy atom. The van der Waals surface area contributed by atoms with E-state index in [1.54, 1.807) is 19.2 Å². The molecule has 1 aromatic heterocycles. The van der Waals surface area contributed by atoms with Crippen LogP contribution in [0, 0.1) is 0 Å². The fraction of sp³-hybridized carbons (Fsp3) is 0.438. The van der Waals surface area contributed by atoms with Crippen molar-refractivity contribution in [2.75, 3.05) is 13.1 Å². The summed E-state index contributed by atoms with van der Waals surface area (Å²) in [7, 11) is 0. The summed E-state index contributed by atoms with van der Waals surface area (Å²) in [5.41, 5.74) is 0.922. The Kier molecular flexibility index (Phi) is 3.62. The molecule has 0 aliphatic carbocycles. The van der Waals surface area contributed by atoms with Gasteiger partial charge in [-0.3, -0.25) is 4.79 Å². The maximum absolute atomic E-state index is 12.7. The summed E-state index contributed by atoms with van der Waals surface area (Å²) in [5.74, 6) is 0.355. The van der Waals surface area contributed by atoms with E-state index in [1.165, 1.54) is 0 Å². The molecule has 1 aliphatic rings. The first-order chi connectivity index (χ1) is 10.4. The van der Waals surface area contributed by atoms with Crippen molar-refractivity contribution in [1.29, 1.82) is 0 Å². The SMILES string of the molecule is CC(=O)N1CCC(c2c[nH]c3cc(C(F)(F)F)ccc23)CC1. The van der Waals surface area contributed by atoms with E-state index in [0.29, 0.717) is 18.6 Å². The molecule has 0 radical (unpaired) electrons. The number of carbonyl (C=O) groups is 1. The van der Waals surface area contributed by atoms with Gasteiger partial charge in [-0.1, -0.05) is 6.07 Å². The number of H-pyrrole nitrogens is 1. The highest BCUT2D eigenvalue weighted by Gasteiger charge is 2.31. The average Bonchev–Trinajstić information content (AvgIpc) is 2.89. The van der Waals surface area contributed by atoms with Crippen molar-refractivity contribution in [3.63, 3.8) is 0 Å². The molecule has 0 saturated carbocycles. The number of piperidine rings is 1. The Balaban J connectivity index is 1.85. The van der Waals surface area contributed by atoms with Crippen molar-refractivity contribution >= 4 is 16.8 Å². The van der Waals surface area contributed by atoms with Crippen LogP contribution in [0.15, 0.2) is 24.4 Å². The number of alkyl halides is 3. The number of halogens is 3. The van der Waals surface area contributed by atoms with E-state index in [1.807, 2.05) is 4.90 Å². The van der Waals surface area contributed by atoms with Gasteiger partial charge in [-0.15, -0.1) is 0 Å². The van der Waals surface area contributed by atoms with Gasteiger partial charge in [-0.05, 0) is 36.5 Å². The number of carbonyl (C=O) groups excluding carboxylic acids is 1. The topological polar surface area (TPSA) is 36.1 Å². The zero-order chi connectivity index (χ0) is 15.9. The van der Waals surface area contributed by atoms with Crippen molar-refractivity contribution in [3.8, 4) is 0 Å². The molecule has 0 spiro atoms. The van der Waals surface area contributed by atoms with E-state index >= 15 is 0 Å². The Hall–Kier alpha value is -1.98. The number of rotatable bonds is 1. The number of hydrogen-bond donors (Lipinski definition) is 1. The molecule has 0 unspecified atom stereocenters. The van der Waals surface area contributed by atoms with Gasteiger partial charge in [0.05, 0.1) is 5.56 Å². The van der Waals surface area contributed by atoms with Crippen LogP contribution in [0.2, 0.25) is 0 Å². The van der Waals surface area contributed by atoms with Crippen molar-refractivity contribution in [1.82, 2.24) is 9.88 Å². The molecular weight excluding hydrogens is 293 g/mol. The van der Waals surface area contributed by atoms with Gasteiger partial charge < -0.3 is 9.88 Å². The first-order valence-corrected chi connectivity index (χ1v) is 7.30. The number of amides is 1. The number of aromatic nitrogens is 1. The van der Waals surface area contributed by atoms with E-state index in [4.69, 9.17) is 0 Å². The number of hydrogen-bond acceptors (Lipinski definition) is 1. The lowest BCUT2D eigenvalue weighted by Gasteiger charge is -2.31. The van der Waals surface area contributed by atoms with Crippen molar-refractivity contribution < 1.29 is 18.0 Å². The molecule has 22 heavy (non-hydrogen) atoms. The number of nitrogens with one attached hydrogen (secondary N) is 1. The fourth-order valence-electron chi connectivity index (χ4n) is 3.17. The second-order valence-corrected chi connectivity index (χ2v) is 5.78. The largest absolute Gasteiger partial charge is 0.416 e. The molecule has 0 bridgehead atoms. The predicted molar refractivity (Wildman–Crippen MR) is 77.5 cm³/mol. The van der Waals surface area contributed by atoms with E-state index in [-0.39, 0.29) is 11.8 Å². The summed E-state index contributed by atoms with van der Waals surface area (Å²) >= 11 is 0. The van der Waals surface area contributed by atoms with Gasteiger partial charge in [0, 0.05) is 37.1 Å². The van der Waals surface area contributed by atoms with Crippen LogP contribution < -0.4 is 0 Å². The van der Waals surface area contributed by atoms with Gasteiger partial charge in [0.25, 0.3) is 0 Å². The monoisotopic (exact) mass is 310 g/mol. The summed E-state index contributed by atoms with van der Waals surface area (Å²) in [5, 5.41) is 0.842. The number of likely N-dealkylation sites (tertiary alicyclic amines) is 1. The Bertz CT molecular complexity index is 697. The first kappa shape index (κ1) is 14.9. The maximum atomic E-state index is 12.7. The first-order valence-electron chi connectivity index (χ1n) is 7.30. The van der Waals surface area contributed by atoms with Gasteiger partial charge in [0.15, 0.2) is 0 Å². The van der Waals surface area contributed by atoms with Gasteiger partial charge in [-0.2, -0.15) is 13.2 Å². The van der Waals surface area contributed by atoms with Crippen molar-refractivity contribution in [2.45, 2.75) is 31.9 Å². The van der Waals surface area contributed by atoms with Crippen molar-refractivity contribution in [3.05, 3.63) is 35.5 Å². The third kappa shape index (κ3) is 2.69. The summed E-state index contributed by atoms with van der Waals surface area (Å²) < 4.78 is 38.2. The summed E-state index contributed by atoms with van der Waals surface area (Å²) in [6, 6.07) is 3.83. The van der Waals surface area contributed by atoms with E-state index < -0.39 is 11.7 Å². The Morgan fingerprint density at radius 3 is 2.55 bits per heavy atom. The van der Waals surface area contributed by atoms with E-state index in [2.05, 4.69) is 4.98 Å². The summed E-state index contributed by atoms with van der Waals surface area (Å²) in [6.45, 7) is 2.96. The van der Waals surface area contributed by atoms with Crippen LogP contribution >= 0.6 is 0 Å². The fourth-order valence-corrected chi connectivity index (χ4v) is 3.17. The van der Waals surface area contributed by atoms with Crippen LogP contribution in [0.1, 0.15) is 36.8 Å². The molecule has 1 amide bonds. The zero-order valence-electron chi connectivity index (χ0n) is 12.2. The van der Waals surface area contributed by atoms with Gasteiger partial charge in [0.2, 0.25) is 5.91 Å². The second-order valence-electron chi connectivity index (χ2n) is 5.78. The number of nitrogens with zero attached hydrogens (tertiary/aromatic N) is 1. The standard InChI is InChI=1S/C16H17F3N2O/c1-10(22)21-6-4-11(5-7-21)14-9-20-15-8-12(16(17,18)19)2-3-13(14)15/h2-3,8-9,11,20H,4-7H2,1H3. The Morgan fingerprint density at radius 2 is 1.95 bits per heavy atom. The highest BCUT2D eigenvalue weighted by molar-refractivity contribution is 5.84. The second kappa shape index (κ2) is 5.34. The molecule has 1 aliphatic heterocycles.